The normalized spacial score (nSPS) is 17.2. The third kappa shape index (κ3) is 19.4. The molecule has 2 fully saturated rings. The predicted molar refractivity (Wildman–Crippen MR) is 74.5 cm³/mol. The Morgan fingerprint density at radius 1 is 0.481 bits per heavy atom. The quantitative estimate of drug-likeness (QED) is 0.181. The molecule has 0 N–H and O–H groups in total. The Morgan fingerprint density at radius 3 is 0.593 bits per heavy atom. The molecule has 2 rings (SSSR count). The third-order valence-corrected chi connectivity index (χ3v) is 2.81. The summed E-state index contributed by atoms with van der Waals surface area (Å²) < 4.78 is 118. The fourth-order valence-electron chi connectivity index (χ4n) is 0.642. The summed E-state index contributed by atoms with van der Waals surface area (Å²) in [7, 11) is -12.2. The van der Waals surface area contributed by atoms with E-state index in [1.54, 1.807) is 0 Å². The fraction of sp³-hybridized carbons (Fsp3) is 0.167. The van der Waals surface area contributed by atoms with Crippen LogP contribution in [0.15, 0.2) is 0 Å². The summed E-state index contributed by atoms with van der Waals surface area (Å²) in [4.78, 5) is 0. The van der Waals surface area contributed by atoms with Gasteiger partial charge < -0.3 is 9.11 Å². The summed E-state index contributed by atoms with van der Waals surface area (Å²) in [5.41, 5.74) is -11.3. The Hall–Kier alpha value is 0.270. The minimum atomic E-state index is -6.09. The molecule has 6 nitrogen and oxygen atoms in total. The largest absolute Gasteiger partial charge is 0.741 e. The van der Waals surface area contributed by atoms with E-state index in [4.69, 9.17) is 25.9 Å². The number of halogens is 6. The zero-order valence-electron chi connectivity index (χ0n) is 12.8. The minimum absolute atomic E-state index is 0. The molecule has 2 saturated carbocycles. The van der Waals surface area contributed by atoms with E-state index in [1.165, 1.54) is 0 Å². The summed E-state index contributed by atoms with van der Waals surface area (Å²) in [6.45, 7) is 0. The van der Waals surface area contributed by atoms with Crippen molar-refractivity contribution in [3.8, 4) is 0 Å². The van der Waals surface area contributed by atoms with E-state index >= 15 is 0 Å². The van der Waals surface area contributed by atoms with Crippen LogP contribution in [0.1, 0.15) is 0 Å². The monoisotopic (exact) mass is 608 g/mol. The summed E-state index contributed by atoms with van der Waals surface area (Å²) >= 11 is 0. The molecule has 154 valence electrons. The van der Waals surface area contributed by atoms with Gasteiger partial charge in [0.15, 0.2) is 20.2 Å². The summed E-state index contributed by atoms with van der Waals surface area (Å²) in [6, 6.07) is 0. The first-order chi connectivity index (χ1) is 11.5. The van der Waals surface area contributed by atoms with Crippen LogP contribution in [0.4, 0.5) is 26.3 Å². The Bertz CT molecular complexity index is 499. The van der Waals surface area contributed by atoms with Crippen molar-refractivity contribution in [2.24, 2.45) is 0 Å². The first-order valence-corrected chi connectivity index (χ1v) is 8.69. The van der Waals surface area contributed by atoms with Crippen LogP contribution in [-0.4, -0.2) is 37.0 Å². The first-order valence-electron chi connectivity index (χ1n) is 5.88. The molecule has 0 bridgehead atoms. The average molecular weight is 607 g/mol. The van der Waals surface area contributed by atoms with Crippen LogP contribution in [0, 0.1) is 64.2 Å². The van der Waals surface area contributed by atoms with Crippen molar-refractivity contribution in [2.75, 3.05) is 0 Å². The minimum Gasteiger partial charge on any atom is -0.741 e. The Morgan fingerprint density at radius 2 is 0.556 bits per heavy atom. The van der Waals surface area contributed by atoms with Gasteiger partial charge in [0.1, 0.15) is 0 Å². The number of hydrogen-bond donors (Lipinski definition) is 0. The van der Waals surface area contributed by atoms with Gasteiger partial charge in [-0.2, -0.15) is 26.3 Å². The Labute approximate surface area is 173 Å². The SMILES string of the molecule is O=S(=O)([O-])C(F)(F)F.O=S(=O)([O-])C(F)(F)F.[CH]1[CH][CH][CH][CH]1.[CH]1[CH][CH][CH][CH]1.[Hf]. The molecule has 2 aliphatic rings. The zero-order chi connectivity index (χ0) is 21.1. The first kappa shape index (κ1) is 31.9. The van der Waals surface area contributed by atoms with Gasteiger partial charge in [0.25, 0.3) is 0 Å². The standard InChI is InChI=1S/2C5H5.2CHF3O3S.Hf/c2*1-2-4-5-3-1;2*2-1(3,4)8(5,6)7;/h2*1-5H;2*(H,5,6,7);/p-2. The molecule has 0 aromatic carbocycles. The summed E-state index contributed by atoms with van der Waals surface area (Å²) in [6.07, 6.45) is 20.0. The molecule has 0 amide bonds. The molecule has 27 heavy (non-hydrogen) atoms. The molecule has 0 aromatic rings. The number of hydrogen-bond acceptors (Lipinski definition) is 6. The molecule has 10 radical (unpaired) electrons. The second-order valence-electron chi connectivity index (χ2n) is 3.72. The van der Waals surface area contributed by atoms with Crippen LogP contribution in [0.25, 0.3) is 0 Å². The summed E-state index contributed by atoms with van der Waals surface area (Å²) in [5.74, 6) is 0. The van der Waals surface area contributed by atoms with Crippen LogP contribution in [-0.2, 0) is 46.1 Å². The molecule has 0 heterocycles. The zero-order valence-corrected chi connectivity index (χ0v) is 18.0. The molecule has 0 unspecified atom stereocenters. The Kier molecular flexibility index (Phi) is 16.9. The van der Waals surface area contributed by atoms with E-state index in [9.17, 15) is 26.3 Å². The van der Waals surface area contributed by atoms with Crippen LogP contribution in [0.5, 0.6) is 0 Å². The second-order valence-corrected chi connectivity index (χ2v) is 6.47. The molecule has 0 spiro atoms. The maximum atomic E-state index is 10.7. The maximum absolute atomic E-state index is 10.7. The van der Waals surface area contributed by atoms with Gasteiger partial charge in [-0.25, -0.2) is 16.8 Å². The van der Waals surface area contributed by atoms with E-state index in [0.29, 0.717) is 0 Å². The number of rotatable bonds is 0. The molecule has 0 aromatic heterocycles. The van der Waals surface area contributed by atoms with E-state index in [0.717, 1.165) is 0 Å². The van der Waals surface area contributed by atoms with Gasteiger partial charge in [0.05, 0.1) is 0 Å². The van der Waals surface area contributed by atoms with Crippen molar-refractivity contribution < 1.29 is 78.1 Å². The predicted octanol–water partition coefficient (Wildman–Crippen LogP) is 2.14. The van der Waals surface area contributed by atoms with E-state index in [1.807, 2.05) is 64.2 Å². The van der Waals surface area contributed by atoms with Crippen LogP contribution in [0.3, 0.4) is 0 Å². The van der Waals surface area contributed by atoms with Crippen molar-refractivity contribution in [3.63, 3.8) is 0 Å². The van der Waals surface area contributed by atoms with E-state index < -0.39 is 31.3 Å². The smallest absolute Gasteiger partial charge is 0.485 e. The number of alkyl halides is 6. The average Bonchev–Trinajstić information content (AvgIpc) is 3.15. The summed E-state index contributed by atoms with van der Waals surface area (Å²) in [5, 5.41) is 0. The van der Waals surface area contributed by atoms with Gasteiger partial charge in [-0.15, -0.1) is 0 Å². The molecule has 0 saturated heterocycles. The van der Waals surface area contributed by atoms with Crippen molar-refractivity contribution in [2.45, 2.75) is 11.0 Å². The third-order valence-electron chi connectivity index (χ3n) is 1.68. The Balaban J connectivity index is -0.000000286. The van der Waals surface area contributed by atoms with Crippen molar-refractivity contribution in [3.05, 3.63) is 64.2 Å². The topological polar surface area (TPSA) is 114 Å². The van der Waals surface area contributed by atoms with Gasteiger partial charge in [-0.3, -0.25) is 0 Å². The van der Waals surface area contributed by atoms with E-state index in [-0.39, 0.29) is 25.8 Å². The van der Waals surface area contributed by atoms with Gasteiger partial charge in [-0.05, 0) is 64.2 Å². The van der Waals surface area contributed by atoms with Crippen molar-refractivity contribution in [1.29, 1.82) is 0 Å². The molecule has 0 aliphatic heterocycles. The van der Waals surface area contributed by atoms with Crippen LogP contribution >= 0.6 is 0 Å². The molecular weight excluding hydrogens is 597 g/mol. The van der Waals surface area contributed by atoms with Gasteiger partial charge in [0.2, 0.25) is 0 Å². The fourth-order valence-corrected chi connectivity index (χ4v) is 0.642. The van der Waals surface area contributed by atoms with Gasteiger partial charge in [-0.1, -0.05) is 0 Å². The van der Waals surface area contributed by atoms with Gasteiger partial charge >= 0.3 is 11.0 Å². The molecule has 15 heteroatoms. The van der Waals surface area contributed by atoms with E-state index in [2.05, 4.69) is 0 Å². The second kappa shape index (κ2) is 14.3. The maximum Gasteiger partial charge on any atom is 0.485 e. The molecular formula is C12H10F6HfO6S2-2. The van der Waals surface area contributed by atoms with Crippen molar-refractivity contribution >= 4 is 20.2 Å². The van der Waals surface area contributed by atoms with Crippen LogP contribution < -0.4 is 0 Å². The van der Waals surface area contributed by atoms with Crippen molar-refractivity contribution in [1.82, 2.24) is 0 Å². The molecule has 0 atom stereocenters. The van der Waals surface area contributed by atoms with Gasteiger partial charge in [0, 0.05) is 25.8 Å². The van der Waals surface area contributed by atoms with Crippen LogP contribution in [0.2, 0.25) is 0 Å². The molecule has 2 aliphatic carbocycles.